The van der Waals surface area contributed by atoms with Gasteiger partial charge >= 0.3 is 11.7 Å². The zero-order chi connectivity index (χ0) is 20.4. The number of fused-ring (bicyclic) bond motifs is 1. The van der Waals surface area contributed by atoms with Gasteiger partial charge in [-0.2, -0.15) is 0 Å². The van der Waals surface area contributed by atoms with Crippen molar-refractivity contribution in [3.8, 4) is 0 Å². The molecule has 4 rings (SSSR count). The molecule has 29 heavy (non-hydrogen) atoms. The second-order valence-corrected chi connectivity index (χ2v) is 8.02. The molecule has 8 heteroatoms. The van der Waals surface area contributed by atoms with Crippen molar-refractivity contribution in [3.63, 3.8) is 0 Å². The van der Waals surface area contributed by atoms with Crippen LogP contribution >= 0.6 is 0 Å². The predicted molar refractivity (Wildman–Crippen MR) is 111 cm³/mol. The molecule has 2 aromatic rings. The third-order valence-electron chi connectivity index (χ3n) is 6.16. The molecular formula is C21H28N5O3. The highest BCUT2D eigenvalue weighted by atomic mass is 16.2. The predicted octanol–water partition coefficient (Wildman–Crippen LogP) is 1.48. The highest BCUT2D eigenvalue weighted by Crippen LogP contribution is 2.21. The van der Waals surface area contributed by atoms with E-state index in [1.807, 2.05) is 11.0 Å². The van der Waals surface area contributed by atoms with Gasteiger partial charge in [0, 0.05) is 19.1 Å². The second-order valence-electron chi connectivity index (χ2n) is 8.02. The summed E-state index contributed by atoms with van der Waals surface area (Å²) in [5, 5.41) is 0. The summed E-state index contributed by atoms with van der Waals surface area (Å²) in [4.78, 5) is 43.1. The Morgan fingerprint density at radius 3 is 2.52 bits per heavy atom. The SMILES string of the molecule is NC(=O)n1c(=O)[nH]c2ccc(C[CH]C(=O)N3CCC(N4CCCCC4)CC3)cc21. The number of carbonyl (C=O) groups excluding carboxylic acids is 2. The number of H-pyrrole nitrogens is 1. The standard InChI is InChI=1S/C21H28N5O3/c22-20(28)26-18-14-15(4-6-17(18)23-21(26)29)5-7-19(27)25-12-8-16(9-13-25)24-10-2-1-3-11-24/h4,6-7,14,16H,1-3,5,8-13H2,(H2,22,28)(H,23,29). The average Bonchev–Trinajstić information content (AvgIpc) is 3.08. The molecule has 1 aromatic heterocycles. The van der Waals surface area contributed by atoms with Crippen LogP contribution in [0.25, 0.3) is 11.0 Å². The van der Waals surface area contributed by atoms with Gasteiger partial charge in [0.1, 0.15) is 0 Å². The molecule has 2 amide bonds. The van der Waals surface area contributed by atoms with E-state index in [4.69, 9.17) is 5.73 Å². The van der Waals surface area contributed by atoms with Crippen LogP contribution in [0.4, 0.5) is 4.79 Å². The number of primary amides is 1. The Balaban J connectivity index is 1.33. The molecular weight excluding hydrogens is 370 g/mol. The van der Waals surface area contributed by atoms with Crippen molar-refractivity contribution in [3.05, 3.63) is 40.7 Å². The smallest absolute Gasteiger partial charge is 0.334 e. The second kappa shape index (κ2) is 8.41. The van der Waals surface area contributed by atoms with Gasteiger partial charge in [0.05, 0.1) is 17.5 Å². The number of rotatable bonds is 4. The van der Waals surface area contributed by atoms with Crippen molar-refractivity contribution in [1.29, 1.82) is 0 Å². The summed E-state index contributed by atoms with van der Waals surface area (Å²) in [6.07, 6.45) is 8.14. The topological polar surface area (TPSA) is 104 Å². The van der Waals surface area contributed by atoms with Gasteiger partial charge in [-0.05, 0) is 62.9 Å². The summed E-state index contributed by atoms with van der Waals surface area (Å²) in [5.41, 5.74) is 6.57. The van der Waals surface area contributed by atoms with Crippen LogP contribution in [0.15, 0.2) is 23.0 Å². The lowest BCUT2D eigenvalue weighted by Gasteiger charge is -2.40. The van der Waals surface area contributed by atoms with Crippen molar-refractivity contribution < 1.29 is 9.59 Å². The minimum absolute atomic E-state index is 0.0450. The van der Waals surface area contributed by atoms with E-state index >= 15 is 0 Å². The number of carbonyl (C=O) groups is 2. The van der Waals surface area contributed by atoms with Gasteiger partial charge in [0.15, 0.2) is 0 Å². The largest absolute Gasteiger partial charge is 0.351 e. The number of amides is 2. The van der Waals surface area contributed by atoms with E-state index in [1.54, 1.807) is 18.6 Å². The van der Waals surface area contributed by atoms with Crippen molar-refractivity contribution in [1.82, 2.24) is 19.4 Å². The van der Waals surface area contributed by atoms with Crippen LogP contribution in [0.3, 0.4) is 0 Å². The fourth-order valence-electron chi connectivity index (χ4n) is 4.56. The van der Waals surface area contributed by atoms with E-state index in [0.29, 0.717) is 23.5 Å². The fourth-order valence-corrected chi connectivity index (χ4v) is 4.56. The third kappa shape index (κ3) is 4.22. The molecule has 0 unspecified atom stereocenters. The maximum atomic E-state index is 12.6. The molecule has 2 aliphatic rings. The molecule has 2 aliphatic heterocycles. The van der Waals surface area contributed by atoms with E-state index in [0.717, 1.165) is 36.1 Å². The molecule has 1 aromatic carbocycles. The van der Waals surface area contributed by atoms with Gasteiger partial charge in [0.2, 0.25) is 5.91 Å². The summed E-state index contributed by atoms with van der Waals surface area (Å²) in [6.45, 7) is 3.99. The number of nitrogens with two attached hydrogens (primary N) is 1. The maximum absolute atomic E-state index is 12.6. The van der Waals surface area contributed by atoms with Crippen molar-refractivity contribution in [2.75, 3.05) is 26.2 Å². The molecule has 0 saturated carbocycles. The maximum Gasteiger partial charge on any atom is 0.334 e. The van der Waals surface area contributed by atoms with E-state index in [-0.39, 0.29) is 5.91 Å². The van der Waals surface area contributed by atoms with E-state index in [1.165, 1.54) is 32.4 Å². The zero-order valence-corrected chi connectivity index (χ0v) is 16.6. The molecule has 2 fully saturated rings. The quantitative estimate of drug-likeness (QED) is 0.814. The Labute approximate surface area is 169 Å². The van der Waals surface area contributed by atoms with Crippen LogP contribution in [0.5, 0.6) is 0 Å². The lowest BCUT2D eigenvalue weighted by molar-refractivity contribution is -0.129. The first-order valence-corrected chi connectivity index (χ1v) is 10.4. The Morgan fingerprint density at radius 1 is 1.10 bits per heavy atom. The van der Waals surface area contributed by atoms with E-state index in [2.05, 4.69) is 9.88 Å². The Kier molecular flexibility index (Phi) is 5.71. The first-order valence-electron chi connectivity index (χ1n) is 10.4. The number of aromatic nitrogens is 2. The number of imidazole rings is 1. The van der Waals surface area contributed by atoms with Crippen LogP contribution in [0, 0.1) is 6.42 Å². The van der Waals surface area contributed by atoms with Crippen LogP contribution in [-0.2, 0) is 11.2 Å². The van der Waals surface area contributed by atoms with Crippen LogP contribution in [0.1, 0.15) is 37.7 Å². The van der Waals surface area contributed by atoms with E-state index in [9.17, 15) is 14.4 Å². The van der Waals surface area contributed by atoms with Crippen molar-refractivity contribution in [2.24, 2.45) is 5.73 Å². The number of nitrogens with one attached hydrogen (secondary N) is 1. The summed E-state index contributed by atoms with van der Waals surface area (Å²) in [7, 11) is 0. The Hall–Kier alpha value is -2.61. The van der Waals surface area contributed by atoms with Gasteiger partial charge in [-0.1, -0.05) is 12.5 Å². The number of benzene rings is 1. The number of likely N-dealkylation sites (tertiary alicyclic amines) is 2. The number of hydrogen-bond acceptors (Lipinski definition) is 4. The average molecular weight is 398 g/mol. The van der Waals surface area contributed by atoms with Gasteiger partial charge in [-0.3, -0.25) is 4.79 Å². The number of hydrogen-bond donors (Lipinski definition) is 2. The minimum atomic E-state index is -0.824. The third-order valence-corrected chi connectivity index (χ3v) is 6.16. The number of piperidine rings is 2. The van der Waals surface area contributed by atoms with Crippen LogP contribution in [-0.4, -0.2) is 63.5 Å². The normalized spacial score (nSPS) is 19.0. The molecule has 0 bridgehead atoms. The number of aromatic amines is 1. The summed E-state index contributed by atoms with van der Waals surface area (Å²) in [6, 6.07) is 5.09. The first kappa shape index (κ1) is 19.7. The summed E-state index contributed by atoms with van der Waals surface area (Å²) in [5.74, 6) is 0.0450. The van der Waals surface area contributed by atoms with Gasteiger partial charge in [0.25, 0.3) is 0 Å². The van der Waals surface area contributed by atoms with Gasteiger partial charge < -0.3 is 20.5 Å². The molecule has 0 atom stereocenters. The zero-order valence-electron chi connectivity index (χ0n) is 16.6. The molecule has 3 heterocycles. The molecule has 155 valence electrons. The molecule has 0 aliphatic carbocycles. The summed E-state index contributed by atoms with van der Waals surface area (Å²) < 4.78 is 0.909. The minimum Gasteiger partial charge on any atom is -0.351 e. The molecule has 0 spiro atoms. The molecule has 2 saturated heterocycles. The molecule has 8 nitrogen and oxygen atoms in total. The van der Waals surface area contributed by atoms with Gasteiger partial charge in [-0.25, -0.2) is 14.2 Å². The highest BCUT2D eigenvalue weighted by molar-refractivity contribution is 5.89. The van der Waals surface area contributed by atoms with Crippen LogP contribution in [0.2, 0.25) is 0 Å². The van der Waals surface area contributed by atoms with Gasteiger partial charge in [-0.15, -0.1) is 0 Å². The lowest BCUT2D eigenvalue weighted by atomic mass is 9.99. The first-order chi connectivity index (χ1) is 14.0. The van der Waals surface area contributed by atoms with E-state index < -0.39 is 11.7 Å². The monoisotopic (exact) mass is 398 g/mol. The summed E-state index contributed by atoms with van der Waals surface area (Å²) >= 11 is 0. The molecule has 1 radical (unpaired) electrons. The number of nitrogens with zero attached hydrogens (tertiary/aromatic N) is 3. The molecule has 3 N–H and O–H groups in total. The highest BCUT2D eigenvalue weighted by Gasteiger charge is 2.27. The van der Waals surface area contributed by atoms with Crippen molar-refractivity contribution in [2.45, 2.75) is 44.6 Å². The fraction of sp³-hybridized carbons (Fsp3) is 0.524. The Morgan fingerprint density at radius 2 is 1.83 bits per heavy atom. The van der Waals surface area contributed by atoms with Crippen molar-refractivity contribution >= 4 is 23.0 Å². The Bertz CT molecular complexity index is 949. The van der Waals surface area contributed by atoms with Crippen LogP contribution < -0.4 is 11.4 Å². The lowest BCUT2D eigenvalue weighted by Crippen LogP contribution is -2.48.